The molecule has 0 spiro atoms. The first-order valence-electron chi connectivity index (χ1n) is 7.83. The number of morpholine rings is 1. The number of imidazole rings is 1. The lowest BCUT2D eigenvalue weighted by molar-refractivity contribution is -0.0315. The van der Waals surface area contributed by atoms with Crippen LogP contribution in [0.4, 0.5) is 0 Å². The second-order valence-electron chi connectivity index (χ2n) is 5.65. The van der Waals surface area contributed by atoms with E-state index in [1.807, 2.05) is 30.6 Å². The summed E-state index contributed by atoms with van der Waals surface area (Å²) < 4.78 is 8.11. The molecule has 22 heavy (non-hydrogen) atoms. The van der Waals surface area contributed by atoms with Crippen molar-refractivity contribution < 1.29 is 4.74 Å². The molecule has 0 bridgehead atoms. The molecule has 1 atom stereocenters. The molecule has 1 aromatic heterocycles. The highest BCUT2D eigenvalue weighted by Crippen LogP contribution is 2.20. The predicted molar refractivity (Wildman–Crippen MR) is 88.1 cm³/mol. The maximum absolute atomic E-state index is 6.25. The van der Waals surface area contributed by atoms with Gasteiger partial charge in [0.05, 0.1) is 19.3 Å². The van der Waals surface area contributed by atoms with Gasteiger partial charge in [-0.15, -0.1) is 0 Å². The molecule has 1 fully saturated rings. The summed E-state index contributed by atoms with van der Waals surface area (Å²) in [4.78, 5) is 6.88. The minimum atomic E-state index is 0.193. The average Bonchev–Trinajstić information content (AvgIpc) is 2.97. The SMILES string of the molecule is CCn1ccnc1CN1CCO[C@H](Cc2ccccc2Cl)C1. The molecule has 3 rings (SSSR count). The van der Waals surface area contributed by atoms with E-state index in [0.717, 1.165) is 55.6 Å². The zero-order valence-electron chi connectivity index (χ0n) is 12.9. The van der Waals surface area contributed by atoms with Gasteiger partial charge in [0.2, 0.25) is 0 Å². The van der Waals surface area contributed by atoms with E-state index in [4.69, 9.17) is 16.3 Å². The van der Waals surface area contributed by atoms with E-state index in [2.05, 4.69) is 27.4 Å². The molecule has 0 saturated carbocycles. The number of halogens is 1. The largest absolute Gasteiger partial charge is 0.375 e. The fourth-order valence-corrected chi connectivity index (χ4v) is 3.15. The number of rotatable bonds is 5. The first-order chi connectivity index (χ1) is 10.8. The lowest BCUT2D eigenvalue weighted by atomic mass is 10.1. The topological polar surface area (TPSA) is 30.3 Å². The van der Waals surface area contributed by atoms with Gasteiger partial charge in [0, 0.05) is 43.5 Å². The van der Waals surface area contributed by atoms with Crippen LogP contribution in [-0.2, 0) is 24.2 Å². The van der Waals surface area contributed by atoms with Crippen LogP contribution in [0.15, 0.2) is 36.7 Å². The summed E-state index contributed by atoms with van der Waals surface area (Å²) in [5.74, 6) is 1.13. The van der Waals surface area contributed by atoms with E-state index < -0.39 is 0 Å². The lowest BCUT2D eigenvalue weighted by Crippen LogP contribution is -2.43. The number of aryl methyl sites for hydroxylation is 1. The Labute approximate surface area is 136 Å². The third-order valence-corrected chi connectivity index (χ3v) is 4.50. The van der Waals surface area contributed by atoms with Gasteiger partial charge in [0.1, 0.15) is 5.82 Å². The Bertz CT molecular complexity index is 613. The standard InChI is InChI=1S/C17H22ClN3O/c1-2-21-8-7-19-17(21)13-20-9-10-22-15(12-20)11-14-5-3-4-6-16(14)18/h3-8,15H,2,9-13H2,1H3/t15-/m1/s1. The zero-order valence-corrected chi connectivity index (χ0v) is 13.7. The van der Waals surface area contributed by atoms with Crippen molar-refractivity contribution in [2.45, 2.75) is 32.5 Å². The summed E-state index contributed by atoms with van der Waals surface area (Å²) in [5, 5.41) is 0.824. The minimum Gasteiger partial charge on any atom is -0.375 e. The summed E-state index contributed by atoms with van der Waals surface area (Å²) in [7, 11) is 0. The summed E-state index contributed by atoms with van der Waals surface area (Å²) in [6.07, 6.45) is 4.97. The van der Waals surface area contributed by atoms with Crippen molar-refractivity contribution in [1.29, 1.82) is 0 Å². The van der Waals surface area contributed by atoms with E-state index in [1.165, 1.54) is 0 Å². The smallest absolute Gasteiger partial charge is 0.122 e. The van der Waals surface area contributed by atoms with Crippen molar-refractivity contribution >= 4 is 11.6 Å². The Kier molecular flexibility index (Phi) is 5.13. The number of benzene rings is 1. The second-order valence-corrected chi connectivity index (χ2v) is 6.06. The molecule has 2 heterocycles. The summed E-state index contributed by atoms with van der Waals surface area (Å²) in [6.45, 7) is 6.62. The van der Waals surface area contributed by atoms with Crippen molar-refractivity contribution in [2.24, 2.45) is 0 Å². The number of aromatic nitrogens is 2. The van der Waals surface area contributed by atoms with E-state index in [-0.39, 0.29) is 6.10 Å². The molecular formula is C17H22ClN3O. The first kappa shape index (κ1) is 15.5. The van der Waals surface area contributed by atoms with Crippen LogP contribution in [0.5, 0.6) is 0 Å². The highest BCUT2D eigenvalue weighted by atomic mass is 35.5. The Hall–Kier alpha value is -1.36. The Morgan fingerprint density at radius 1 is 1.36 bits per heavy atom. The van der Waals surface area contributed by atoms with Crippen LogP contribution in [0.3, 0.4) is 0 Å². The van der Waals surface area contributed by atoms with Gasteiger partial charge in [-0.05, 0) is 18.6 Å². The van der Waals surface area contributed by atoms with E-state index >= 15 is 0 Å². The number of nitrogens with zero attached hydrogens (tertiary/aromatic N) is 3. The monoisotopic (exact) mass is 319 g/mol. The van der Waals surface area contributed by atoms with Crippen LogP contribution in [0.1, 0.15) is 18.3 Å². The van der Waals surface area contributed by atoms with Gasteiger partial charge in [0.15, 0.2) is 0 Å². The summed E-state index contributed by atoms with van der Waals surface area (Å²) in [5.41, 5.74) is 1.16. The maximum Gasteiger partial charge on any atom is 0.122 e. The number of hydrogen-bond donors (Lipinski definition) is 0. The zero-order chi connectivity index (χ0) is 15.4. The molecule has 0 amide bonds. The quantitative estimate of drug-likeness (QED) is 0.848. The van der Waals surface area contributed by atoms with E-state index in [1.54, 1.807) is 0 Å². The van der Waals surface area contributed by atoms with Crippen molar-refractivity contribution in [3.8, 4) is 0 Å². The average molecular weight is 320 g/mol. The van der Waals surface area contributed by atoms with E-state index in [0.29, 0.717) is 0 Å². The maximum atomic E-state index is 6.25. The Morgan fingerprint density at radius 2 is 2.23 bits per heavy atom. The highest BCUT2D eigenvalue weighted by molar-refractivity contribution is 6.31. The van der Waals surface area contributed by atoms with Crippen molar-refractivity contribution in [1.82, 2.24) is 14.5 Å². The molecule has 5 heteroatoms. The molecule has 0 radical (unpaired) electrons. The van der Waals surface area contributed by atoms with Crippen molar-refractivity contribution in [2.75, 3.05) is 19.7 Å². The van der Waals surface area contributed by atoms with Crippen LogP contribution < -0.4 is 0 Å². The molecule has 0 N–H and O–H groups in total. The third-order valence-electron chi connectivity index (χ3n) is 4.14. The molecule has 118 valence electrons. The fourth-order valence-electron chi connectivity index (χ4n) is 2.94. The molecule has 0 aliphatic carbocycles. The second kappa shape index (κ2) is 7.27. The van der Waals surface area contributed by atoms with Crippen molar-refractivity contribution in [3.63, 3.8) is 0 Å². The van der Waals surface area contributed by atoms with Crippen molar-refractivity contribution in [3.05, 3.63) is 53.1 Å². The van der Waals surface area contributed by atoms with E-state index in [9.17, 15) is 0 Å². The van der Waals surface area contributed by atoms with Crippen LogP contribution in [-0.4, -0.2) is 40.3 Å². The molecular weight excluding hydrogens is 298 g/mol. The number of ether oxygens (including phenoxy) is 1. The third kappa shape index (κ3) is 3.69. The predicted octanol–water partition coefficient (Wildman–Crippen LogP) is 3.00. The molecule has 2 aromatic rings. The normalized spacial score (nSPS) is 19.5. The summed E-state index contributed by atoms with van der Waals surface area (Å²) in [6, 6.07) is 8.01. The molecule has 1 saturated heterocycles. The van der Waals surface area contributed by atoms with Gasteiger partial charge >= 0.3 is 0 Å². The van der Waals surface area contributed by atoms with Crippen LogP contribution >= 0.6 is 11.6 Å². The number of hydrogen-bond acceptors (Lipinski definition) is 3. The van der Waals surface area contributed by atoms with Gasteiger partial charge in [-0.25, -0.2) is 4.98 Å². The fraction of sp³-hybridized carbons (Fsp3) is 0.471. The van der Waals surface area contributed by atoms with Crippen LogP contribution in [0.2, 0.25) is 5.02 Å². The van der Waals surface area contributed by atoms with Crippen LogP contribution in [0.25, 0.3) is 0 Å². The molecule has 1 aliphatic heterocycles. The summed E-state index contributed by atoms with van der Waals surface area (Å²) >= 11 is 6.25. The first-order valence-corrected chi connectivity index (χ1v) is 8.21. The molecule has 1 aliphatic rings. The van der Waals surface area contributed by atoms with Crippen LogP contribution in [0, 0.1) is 0 Å². The Balaban J connectivity index is 1.61. The molecule has 1 aromatic carbocycles. The Morgan fingerprint density at radius 3 is 3.05 bits per heavy atom. The lowest BCUT2D eigenvalue weighted by Gasteiger charge is -2.33. The molecule has 4 nitrogen and oxygen atoms in total. The van der Waals surface area contributed by atoms with Gasteiger partial charge in [-0.1, -0.05) is 29.8 Å². The van der Waals surface area contributed by atoms with Gasteiger partial charge in [-0.2, -0.15) is 0 Å². The van der Waals surface area contributed by atoms with Gasteiger partial charge < -0.3 is 9.30 Å². The highest BCUT2D eigenvalue weighted by Gasteiger charge is 2.22. The molecule has 0 unspecified atom stereocenters. The van der Waals surface area contributed by atoms with Gasteiger partial charge in [0.25, 0.3) is 0 Å². The minimum absolute atomic E-state index is 0.193. The van der Waals surface area contributed by atoms with Gasteiger partial charge in [-0.3, -0.25) is 4.90 Å².